The second kappa shape index (κ2) is 8.30. The number of hydrogen-bond acceptors (Lipinski definition) is 7. The topological polar surface area (TPSA) is 81.9 Å². The highest BCUT2D eigenvalue weighted by molar-refractivity contribution is 5.88. The van der Waals surface area contributed by atoms with Crippen molar-refractivity contribution < 1.29 is 13.5 Å². The van der Waals surface area contributed by atoms with Gasteiger partial charge in [-0.2, -0.15) is 10.1 Å². The Bertz CT molecular complexity index is 1440. The van der Waals surface area contributed by atoms with Gasteiger partial charge in [-0.15, -0.1) is 0 Å². The highest BCUT2D eigenvalue weighted by atomic mass is 19.1. The predicted molar refractivity (Wildman–Crippen MR) is 126 cm³/mol. The molecule has 180 valence electrons. The first kappa shape index (κ1) is 22.0. The molecule has 2 atom stereocenters. The minimum atomic E-state index is -0.711. The van der Waals surface area contributed by atoms with E-state index in [1.54, 1.807) is 0 Å². The van der Waals surface area contributed by atoms with Gasteiger partial charge in [-0.25, -0.2) is 23.7 Å². The standard InChI is InChI=1S/C25H25F2N7O/c1-13-10-33(12-21(35-13)16-9-28-34(11-16)18-5-6-18)25-31-22(19-7-4-17(26)8-20(19)27)23-24(32-25)30-15(3)14(2)29-23/h4,7-9,11,13,18,21H,5-6,10,12H2,1-3H3. The third kappa shape index (κ3) is 4.12. The fourth-order valence-electron chi connectivity index (χ4n) is 4.47. The highest BCUT2D eigenvalue weighted by Gasteiger charge is 2.32. The SMILES string of the molecule is Cc1nc2nc(N3CC(C)OC(c4cnn(C5CC5)c4)C3)nc(-c3ccc(F)cc3F)c2nc1C. The van der Waals surface area contributed by atoms with Gasteiger partial charge in [0.05, 0.1) is 36.3 Å². The van der Waals surface area contributed by atoms with Crippen molar-refractivity contribution in [1.82, 2.24) is 29.7 Å². The summed E-state index contributed by atoms with van der Waals surface area (Å²) in [5, 5.41) is 4.50. The Morgan fingerprint density at radius 2 is 1.80 bits per heavy atom. The number of aryl methyl sites for hydroxylation is 2. The molecule has 2 aliphatic rings. The summed E-state index contributed by atoms with van der Waals surface area (Å²) in [4.78, 5) is 20.7. The molecule has 0 N–H and O–H groups in total. The van der Waals surface area contributed by atoms with E-state index in [0.29, 0.717) is 41.9 Å². The van der Waals surface area contributed by atoms with E-state index in [0.717, 1.165) is 30.2 Å². The Morgan fingerprint density at radius 1 is 1.00 bits per heavy atom. The molecule has 0 amide bonds. The third-order valence-electron chi connectivity index (χ3n) is 6.57. The zero-order valence-corrected chi connectivity index (χ0v) is 19.7. The molecule has 4 aromatic rings. The molecular weight excluding hydrogens is 452 g/mol. The smallest absolute Gasteiger partial charge is 0.228 e. The Hall–Kier alpha value is -3.53. The summed E-state index contributed by atoms with van der Waals surface area (Å²) in [5.41, 5.74) is 3.63. The molecule has 1 saturated heterocycles. The second-order valence-electron chi connectivity index (χ2n) is 9.39. The van der Waals surface area contributed by atoms with E-state index >= 15 is 0 Å². The van der Waals surface area contributed by atoms with Crippen LogP contribution < -0.4 is 4.90 Å². The van der Waals surface area contributed by atoms with Gasteiger partial charge in [0.1, 0.15) is 28.9 Å². The van der Waals surface area contributed by atoms with Crippen molar-refractivity contribution in [2.45, 2.75) is 51.9 Å². The van der Waals surface area contributed by atoms with Gasteiger partial charge in [0, 0.05) is 29.9 Å². The monoisotopic (exact) mass is 477 g/mol. The number of morpholine rings is 1. The number of aromatic nitrogens is 6. The molecule has 0 spiro atoms. The Morgan fingerprint density at radius 3 is 2.57 bits per heavy atom. The lowest BCUT2D eigenvalue weighted by molar-refractivity contribution is -0.0178. The molecule has 8 nitrogen and oxygen atoms in total. The highest BCUT2D eigenvalue weighted by Crippen LogP contribution is 2.36. The number of hydrogen-bond donors (Lipinski definition) is 0. The summed E-state index contributed by atoms with van der Waals surface area (Å²) < 4.78 is 36.7. The van der Waals surface area contributed by atoms with Gasteiger partial charge >= 0.3 is 0 Å². The fraction of sp³-hybridized carbons (Fsp3) is 0.400. The lowest BCUT2D eigenvalue weighted by atomic mass is 10.1. The summed E-state index contributed by atoms with van der Waals surface area (Å²) >= 11 is 0. The lowest BCUT2D eigenvalue weighted by Gasteiger charge is -2.36. The van der Waals surface area contributed by atoms with Crippen molar-refractivity contribution in [2.24, 2.45) is 0 Å². The Balaban J connectivity index is 1.43. The summed E-state index contributed by atoms with van der Waals surface area (Å²) in [6.45, 7) is 6.75. The van der Waals surface area contributed by atoms with Crippen LogP contribution in [0.3, 0.4) is 0 Å². The number of benzene rings is 1. The number of halogens is 2. The van der Waals surface area contributed by atoms with E-state index in [1.807, 2.05) is 36.5 Å². The fourth-order valence-corrected chi connectivity index (χ4v) is 4.47. The van der Waals surface area contributed by atoms with Crippen molar-refractivity contribution >= 4 is 17.1 Å². The molecule has 6 rings (SSSR count). The molecule has 3 aromatic heterocycles. The van der Waals surface area contributed by atoms with Gasteiger partial charge in [0.15, 0.2) is 5.65 Å². The first-order chi connectivity index (χ1) is 16.9. The van der Waals surface area contributed by atoms with E-state index in [-0.39, 0.29) is 23.5 Å². The van der Waals surface area contributed by atoms with Crippen LogP contribution in [0.4, 0.5) is 14.7 Å². The molecule has 1 aromatic carbocycles. The first-order valence-corrected chi connectivity index (χ1v) is 11.8. The molecule has 0 bridgehead atoms. The van der Waals surface area contributed by atoms with Crippen LogP contribution in [0.5, 0.6) is 0 Å². The molecule has 1 aliphatic carbocycles. The number of anilines is 1. The summed E-state index contributed by atoms with van der Waals surface area (Å²) in [7, 11) is 0. The normalized spacial score (nSPS) is 20.5. The number of rotatable bonds is 4. The molecule has 35 heavy (non-hydrogen) atoms. The van der Waals surface area contributed by atoms with Gasteiger partial charge in [0.2, 0.25) is 5.95 Å². The van der Waals surface area contributed by atoms with E-state index < -0.39 is 11.6 Å². The molecule has 4 heterocycles. The zero-order chi connectivity index (χ0) is 24.3. The van der Waals surface area contributed by atoms with Crippen LogP contribution in [0.25, 0.3) is 22.4 Å². The number of nitrogens with zero attached hydrogens (tertiary/aromatic N) is 7. The van der Waals surface area contributed by atoms with Crippen molar-refractivity contribution in [3.05, 3.63) is 59.2 Å². The van der Waals surface area contributed by atoms with E-state index in [2.05, 4.69) is 21.3 Å². The second-order valence-corrected chi connectivity index (χ2v) is 9.39. The largest absolute Gasteiger partial charge is 0.367 e. The third-order valence-corrected chi connectivity index (χ3v) is 6.57. The maximum atomic E-state index is 14.8. The van der Waals surface area contributed by atoms with Crippen LogP contribution in [0.2, 0.25) is 0 Å². The number of ether oxygens (including phenoxy) is 1. The van der Waals surface area contributed by atoms with Crippen LogP contribution in [0.15, 0.2) is 30.6 Å². The predicted octanol–water partition coefficient (Wildman–Crippen LogP) is 4.48. The Labute approximate surface area is 201 Å². The van der Waals surface area contributed by atoms with Crippen LogP contribution in [0, 0.1) is 25.5 Å². The first-order valence-electron chi connectivity index (χ1n) is 11.8. The van der Waals surface area contributed by atoms with E-state index in [1.165, 1.54) is 12.1 Å². The summed E-state index contributed by atoms with van der Waals surface area (Å²) in [6, 6.07) is 3.93. The molecule has 2 unspecified atom stereocenters. The molecule has 10 heteroatoms. The van der Waals surface area contributed by atoms with E-state index in [4.69, 9.17) is 14.7 Å². The average molecular weight is 478 g/mol. The lowest BCUT2D eigenvalue weighted by Crippen LogP contribution is -2.43. The molecule has 0 radical (unpaired) electrons. The number of fused-ring (bicyclic) bond motifs is 1. The zero-order valence-electron chi connectivity index (χ0n) is 19.7. The molecular formula is C25H25F2N7O. The average Bonchev–Trinajstić information content (AvgIpc) is 3.55. The van der Waals surface area contributed by atoms with Crippen LogP contribution in [0.1, 0.15) is 48.9 Å². The summed E-state index contributed by atoms with van der Waals surface area (Å²) in [5.74, 6) is -0.959. The Kier molecular flexibility index (Phi) is 5.21. The molecule has 1 saturated carbocycles. The van der Waals surface area contributed by atoms with Crippen molar-refractivity contribution in [3.8, 4) is 11.3 Å². The maximum absolute atomic E-state index is 14.8. The quantitative estimate of drug-likeness (QED) is 0.429. The van der Waals surface area contributed by atoms with Gasteiger partial charge in [-0.1, -0.05) is 0 Å². The molecule has 2 fully saturated rings. The van der Waals surface area contributed by atoms with E-state index in [9.17, 15) is 8.78 Å². The molecule has 1 aliphatic heterocycles. The van der Waals surface area contributed by atoms with Crippen LogP contribution in [-0.2, 0) is 4.74 Å². The van der Waals surface area contributed by atoms with Gasteiger partial charge in [0.25, 0.3) is 0 Å². The van der Waals surface area contributed by atoms with Gasteiger partial charge in [-0.05, 0) is 45.7 Å². The minimum absolute atomic E-state index is 0.0887. The van der Waals surface area contributed by atoms with Crippen molar-refractivity contribution in [3.63, 3.8) is 0 Å². The summed E-state index contributed by atoms with van der Waals surface area (Å²) in [6.07, 6.45) is 5.93. The van der Waals surface area contributed by atoms with Crippen molar-refractivity contribution in [1.29, 1.82) is 0 Å². The minimum Gasteiger partial charge on any atom is -0.367 e. The maximum Gasteiger partial charge on any atom is 0.228 e. The van der Waals surface area contributed by atoms with Crippen molar-refractivity contribution in [2.75, 3.05) is 18.0 Å². The van der Waals surface area contributed by atoms with Crippen LogP contribution >= 0.6 is 0 Å². The van der Waals surface area contributed by atoms with Gasteiger partial charge in [-0.3, -0.25) is 4.68 Å². The van der Waals surface area contributed by atoms with Crippen LogP contribution in [-0.4, -0.2) is 48.9 Å². The van der Waals surface area contributed by atoms with Gasteiger partial charge < -0.3 is 9.64 Å².